The number of hydrogen-bond acceptors (Lipinski definition) is 4. The van der Waals surface area contributed by atoms with Crippen molar-refractivity contribution in [1.82, 2.24) is 0 Å². The van der Waals surface area contributed by atoms with Crippen molar-refractivity contribution in [3.63, 3.8) is 0 Å². The third-order valence-electron chi connectivity index (χ3n) is 1.37. The number of phosphoric ester groups is 1. The first-order valence-corrected chi connectivity index (χ1v) is 5.80. The van der Waals surface area contributed by atoms with Gasteiger partial charge in [0.2, 0.25) is 0 Å². The van der Waals surface area contributed by atoms with Crippen LogP contribution in [0.5, 0.6) is 0 Å². The van der Waals surface area contributed by atoms with Gasteiger partial charge in [-0.05, 0) is 6.42 Å². The molecule has 0 aliphatic rings. The third-order valence-corrected chi connectivity index (χ3v) is 2.81. The van der Waals surface area contributed by atoms with Crippen molar-refractivity contribution >= 4 is 7.82 Å². The summed E-state index contributed by atoms with van der Waals surface area (Å²) >= 11 is 0. The number of rotatable bonds is 8. The zero-order valence-electron chi connectivity index (χ0n) is 8.54. The predicted molar refractivity (Wildman–Crippen MR) is 47.5 cm³/mol. The summed E-state index contributed by atoms with van der Waals surface area (Å²) in [5.41, 5.74) is 0. The van der Waals surface area contributed by atoms with Gasteiger partial charge < -0.3 is 0 Å². The minimum atomic E-state index is -4.36. The molecule has 0 radical (unpaired) electrons. The molecule has 4 nitrogen and oxygen atoms in total. The van der Waals surface area contributed by atoms with Gasteiger partial charge in [0, 0.05) is 7.11 Å². The maximum atomic E-state index is 12.4. The molecule has 0 aromatic carbocycles. The molecule has 1 unspecified atom stereocenters. The molecule has 1 atom stereocenters. The van der Waals surface area contributed by atoms with Crippen molar-refractivity contribution in [3.8, 4) is 0 Å². The SMILES string of the molecule is CCCCOP(=O)(OC)OC(F)(F)CF. The Morgan fingerprint density at radius 1 is 1.40 bits per heavy atom. The number of phosphoric acid groups is 1. The second-order valence-electron chi connectivity index (χ2n) is 2.68. The van der Waals surface area contributed by atoms with Crippen LogP contribution in [0.4, 0.5) is 13.2 Å². The van der Waals surface area contributed by atoms with E-state index in [0.717, 1.165) is 13.5 Å². The number of unbranched alkanes of at least 4 members (excludes halogenated alkanes) is 1. The van der Waals surface area contributed by atoms with Crippen LogP contribution >= 0.6 is 7.82 Å². The standard InChI is InChI=1S/C7H14F3O4P/c1-3-4-5-13-15(11,12-2)14-7(9,10)6-8/h3-6H2,1-2H3. The normalized spacial score (nSPS) is 16.3. The van der Waals surface area contributed by atoms with E-state index >= 15 is 0 Å². The number of hydrogen-bond donors (Lipinski definition) is 0. The lowest BCUT2D eigenvalue weighted by Gasteiger charge is -2.19. The molecule has 0 saturated heterocycles. The summed E-state index contributed by atoms with van der Waals surface area (Å²) < 4.78 is 60.2. The largest absolute Gasteiger partial charge is 0.479 e. The van der Waals surface area contributed by atoms with Gasteiger partial charge in [-0.15, -0.1) is 0 Å². The van der Waals surface area contributed by atoms with Gasteiger partial charge in [0.15, 0.2) is 6.67 Å². The van der Waals surface area contributed by atoms with Crippen molar-refractivity contribution in [3.05, 3.63) is 0 Å². The summed E-state index contributed by atoms with van der Waals surface area (Å²) in [7, 11) is -3.47. The lowest BCUT2D eigenvalue weighted by Crippen LogP contribution is -2.22. The van der Waals surface area contributed by atoms with Gasteiger partial charge in [0.1, 0.15) is 0 Å². The molecule has 0 aliphatic heterocycles. The molecule has 15 heavy (non-hydrogen) atoms. The first kappa shape index (κ1) is 14.9. The summed E-state index contributed by atoms with van der Waals surface area (Å²) in [6.07, 6.45) is -2.92. The molecule has 0 aromatic rings. The number of alkyl halides is 3. The molecule has 0 aliphatic carbocycles. The lowest BCUT2D eigenvalue weighted by atomic mass is 10.4. The van der Waals surface area contributed by atoms with E-state index in [1.165, 1.54) is 0 Å². The molecule has 0 bridgehead atoms. The van der Waals surface area contributed by atoms with Crippen LogP contribution < -0.4 is 0 Å². The summed E-state index contributed by atoms with van der Waals surface area (Å²) in [5.74, 6) is 0. The van der Waals surface area contributed by atoms with Gasteiger partial charge in [-0.3, -0.25) is 9.05 Å². The van der Waals surface area contributed by atoms with Crippen LogP contribution in [0.3, 0.4) is 0 Å². The Labute approximate surface area is 86.3 Å². The predicted octanol–water partition coefficient (Wildman–Crippen LogP) is 3.14. The summed E-state index contributed by atoms with van der Waals surface area (Å²) in [4.78, 5) is 0. The van der Waals surface area contributed by atoms with Crippen LogP contribution in [0.2, 0.25) is 0 Å². The van der Waals surface area contributed by atoms with Crippen molar-refractivity contribution in [2.24, 2.45) is 0 Å². The fraction of sp³-hybridized carbons (Fsp3) is 1.00. The van der Waals surface area contributed by atoms with E-state index in [2.05, 4.69) is 13.6 Å². The monoisotopic (exact) mass is 250 g/mol. The molecule has 0 saturated carbocycles. The Kier molecular flexibility index (Phi) is 6.43. The Bertz CT molecular complexity index is 224. The first-order chi connectivity index (χ1) is 6.89. The second-order valence-corrected chi connectivity index (χ2v) is 4.38. The van der Waals surface area contributed by atoms with Crippen molar-refractivity contribution < 1.29 is 31.3 Å². The zero-order chi connectivity index (χ0) is 11.9. The smallest absolute Gasteiger partial charge is 0.290 e. The van der Waals surface area contributed by atoms with E-state index in [1.54, 1.807) is 0 Å². The average Bonchev–Trinajstić information content (AvgIpc) is 2.18. The van der Waals surface area contributed by atoms with Crippen LogP contribution in [-0.4, -0.2) is 26.5 Å². The highest BCUT2D eigenvalue weighted by molar-refractivity contribution is 7.48. The maximum absolute atomic E-state index is 12.4. The molecular formula is C7H14F3O4P. The van der Waals surface area contributed by atoms with Crippen LogP contribution in [0, 0.1) is 0 Å². The fourth-order valence-electron chi connectivity index (χ4n) is 0.625. The quantitative estimate of drug-likeness (QED) is 0.490. The molecule has 0 amide bonds. The minimum absolute atomic E-state index is 0.0516. The summed E-state index contributed by atoms with van der Waals surface area (Å²) in [5, 5.41) is 0. The van der Waals surface area contributed by atoms with E-state index in [9.17, 15) is 17.7 Å². The van der Waals surface area contributed by atoms with Gasteiger partial charge in [-0.2, -0.15) is 8.78 Å². The molecule has 0 N–H and O–H groups in total. The van der Waals surface area contributed by atoms with Crippen LogP contribution in [-0.2, 0) is 18.1 Å². The zero-order valence-corrected chi connectivity index (χ0v) is 9.44. The fourth-order valence-corrected chi connectivity index (χ4v) is 1.59. The lowest BCUT2D eigenvalue weighted by molar-refractivity contribution is -0.199. The van der Waals surface area contributed by atoms with Gasteiger partial charge in [0.05, 0.1) is 6.61 Å². The van der Waals surface area contributed by atoms with E-state index in [-0.39, 0.29) is 6.61 Å². The molecule has 92 valence electrons. The minimum Gasteiger partial charge on any atom is -0.290 e. The van der Waals surface area contributed by atoms with E-state index in [4.69, 9.17) is 0 Å². The Hall–Kier alpha value is -0.100. The van der Waals surface area contributed by atoms with Crippen LogP contribution in [0.1, 0.15) is 19.8 Å². The molecule has 0 heterocycles. The Balaban J connectivity index is 4.25. The van der Waals surface area contributed by atoms with Crippen LogP contribution in [0.25, 0.3) is 0 Å². The van der Waals surface area contributed by atoms with E-state index < -0.39 is 20.6 Å². The van der Waals surface area contributed by atoms with Crippen LogP contribution in [0.15, 0.2) is 0 Å². The first-order valence-electron chi connectivity index (χ1n) is 4.34. The topological polar surface area (TPSA) is 44.8 Å². The van der Waals surface area contributed by atoms with Crippen molar-refractivity contribution in [1.29, 1.82) is 0 Å². The summed E-state index contributed by atoms with van der Waals surface area (Å²) in [6, 6.07) is 0. The highest BCUT2D eigenvalue weighted by atomic mass is 31.2. The molecule has 0 fully saturated rings. The summed E-state index contributed by atoms with van der Waals surface area (Å²) in [6.45, 7) is -0.306. The highest BCUT2D eigenvalue weighted by Crippen LogP contribution is 2.52. The number of halogens is 3. The molecule has 0 aromatic heterocycles. The van der Waals surface area contributed by atoms with Gasteiger partial charge in [-0.25, -0.2) is 13.5 Å². The molecular weight excluding hydrogens is 236 g/mol. The van der Waals surface area contributed by atoms with Gasteiger partial charge in [-0.1, -0.05) is 13.3 Å². The maximum Gasteiger partial charge on any atom is 0.479 e. The van der Waals surface area contributed by atoms with E-state index in [0.29, 0.717) is 6.42 Å². The van der Waals surface area contributed by atoms with Crippen molar-refractivity contribution in [2.75, 3.05) is 20.4 Å². The third kappa shape index (κ3) is 6.14. The highest BCUT2D eigenvalue weighted by Gasteiger charge is 2.41. The molecule has 0 rings (SSSR count). The molecule has 8 heteroatoms. The van der Waals surface area contributed by atoms with Gasteiger partial charge >= 0.3 is 13.9 Å². The Morgan fingerprint density at radius 2 is 2.00 bits per heavy atom. The van der Waals surface area contributed by atoms with Crippen molar-refractivity contribution in [2.45, 2.75) is 25.9 Å². The second kappa shape index (κ2) is 6.48. The Morgan fingerprint density at radius 3 is 2.40 bits per heavy atom. The molecule has 0 spiro atoms. The average molecular weight is 250 g/mol. The van der Waals surface area contributed by atoms with Gasteiger partial charge in [0.25, 0.3) is 0 Å². The van der Waals surface area contributed by atoms with E-state index in [1.807, 2.05) is 6.92 Å².